The Kier molecular flexibility index (Phi) is 3.65. The molecular formula is C13H9Cl2N3OS. The molecule has 1 N–H and O–H groups in total. The molecule has 2 heterocycles. The average molecular weight is 326 g/mol. The SMILES string of the molecule is CNc1nc(Oc2ccc(Cl)c(Cl)c2)c2ccsc2n1. The van der Waals surface area contributed by atoms with Crippen LogP contribution in [0.2, 0.25) is 10.0 Å². The number of aromatic nitrogens is 2. The maximum absolute atomic E-state index is 5.98. The molecule has 1 aromatic carbocycles. The van der Waals surface area contributed by atoms with Crippen LogP contribution in [0.1, 0.15) is 0 Å². The van der Waals surface area contributed by atoms with Crippen LogP contribution in [0.15, 0.2) is 29.6 Å². The summed E-state index contributed by atoms with van der Waals surface area (Å²) in [6, 6.07) is 7.01. The molecule has 7 heteroatoms. The largest absolute Gasteiger partial charge is 0.438 e. The number of thiophene rings is 1. The van der Waals surface area contributed by atoms with E-state index in [0.717, 1.165) is 10.2 Å². The van der Waals surface area contributed by atoms with Crippen LogP contribution in [-0.4, -0.2) is 17.0 Å². The van der Waals surface area contributed by atoms with Crippen molar-refractivity contribution in [1.29, 1.82) is 0 Å². The molecule has 0 spiro atoms. The van der Waals surface area contributed by atoms with Gasteiger partial charge in [0.2, 0.25) is 11.8 Å². The molecule has 0 saturated heterocycles. The smallest absolute Gasteiger partial charge is 0.232 e. The van der Waals surface area contributed by atoms with Crippen molar-refractivity contribution in [2.45, 2.75) is 0 Å². The first kappa shape index (κ1) is 13.4. The second-order valence-electron chi connectivity index (χ2n) is 3.92. The zero-order valence-corrected chi connectivity index (χ0v) is 12.7. The maximum atomic E-state index is 5.98. The monoisotopic (exact) mass is 325 g/mol. The van der Waals surface area contributed by atoms with Crippen molar-refractivity contribution < 1.29 is 4.74 Å². The number of nitrogens with zero attached hydrogens (tertiary/aromatic N) is 2. The molecule has 0 saturated carbocycles. The molecule has 0 aliphatic heterocycles. The molecule has 4 nitrogen and oxygen atoms in total. The molecule has 0 fully saturated rings. The fourth-order valence-corrected chi connectivity index (χ4v) is 2.71. The highest BCUT2D eigenvalue weighted by molar-refractivity contribution is 7.16. The second-order valence-corrected chi connectivity index (χ2v) is 5.63. The summed E-state index contributed by atoms with van der Waals surface area (Å²) in [5, 5.41) is 6.64. The van der Waals surface area contributed by atoms with Crippen molar-refractivity contribution in [3.05, 3.63) is 39.7 Å². The minimum absolute atomic E-state index is 0.439. The van der Waals surface area contributed by atoms with Gasteiger partial charge in [-0.3, -0.25) is 0 Å². The number of hydrogen-bond donors (Lipinski definition) is 1. The molecule has 0 aliphatic carbocycles. The van der Waals surface area contributed by atoms with Crippen molar-refractivity contribution >= 4 is 50.7 Å². The van der Waals surface area contributed by atoms with Crippen molar-refractivity contribution in [3.63, 3.8) is 0 Å². The van der Waals surface area contributed by atoms with Crippen LogP contribution >= 0.6 is 34.5 Å². The number of rotatable bonds is 3. The molecule has 0 amide bonds. The van der Waals surface area contributed by atoms with E-state index in [1.165, 1.54) is 11.3 Å². The number of fused-ring (bicyclic) bond motifs is 1. The van der Waals surface area contributed by atoms with Gasteiger partial charge in [0.1, 0.15) is 10.6 Å². The first-order chi connectivity index (χ1) is 9.67. The first-order valence-corrected chi connectivity index (χ1v) is 7.37. The van der Waals surface area contributed by atoms with Crippen LogP contribution in [0.4, 0.5) is 5.95 Å². The third-order valence-corrected chi connectivity index (χ3v) is 4.16. The highest BCUT2D eigenvalue weighted by atomic mass is 35.5. The van der Waals surface area contributed by atoms with Gasteiger partial charge in [-0.25, -0.2) is 4.98 Å². The number of anilines is 1. The normalized spacial score (nSPS) is 10.8. The lowest BCUT2D eigenvalue weighted by atomic mass is 10.3. The summed E-state index contributed by atoms with van der Waals surface area (Å²) in [5.74, 6) is 1.57. The Bertz CT molecular complexity index is 775. The summed E-state index contributed by atoms with van der Waals surface area (Å²) in [5.41, 5.74) is 0. The minimum atomic E-state index is 0.439. The summed E-state index contributed by atoms with van der Waals surface area (Å²) in [4.78, 5) is 9.54. The van der Waals surface area contributed by atoms with Crippen LogP contribution < -0.4 is 10.1 Å². The van der Waals surface area contributed by atoms with Gasteiger partial charge >= 0.3 is 0 Å². The third-order valence-electron chi connectivity index (χ3n) is 2.62. The molecule has 3 aromatic rings. The molecular weight excluding hydrogens is 317 g/mol. The number of nitrogens with one attached hydrogen (secondary N) is 1. The van der Waals surface area contributed by atoms with Crippen molar-refractivity contribution in [1.82, 2.24) is 9.97 Å². The van der Waals surface area contributed by atoms with Gasteiger partial charge in [0, 0.05) is 13.1 Å². The Morgan fingerprint density at radius 3 is 2.75 bits per heavy atom. The summed E-state index contributed by atoms with van der Waals surface area (Å²) < 4.78 is 5.80. The lowest BCUT2D eigenvalue weighted by molar-refractivity contribution is 0.469. The second kappa shape index (κ2) is 5.44. The Morgan fingerprint density at radius 1 is 1.15 bits per heavy atom. The van der Waals surface area contributed by atoms with Crippen molar-refractivity contribution in [3.8, 4) is 11.6 Å². The molecule has 0 aliphatic rings. The number of ether oxygens (including phenoxy) is 1. The third kappa shape index (κ3) is 2.52. The first-order valence-electron chi connectivity index (χ1n) is 5.73. The van der Waals surface area contributed by atoms with E-state index in [-0.39, 0.29) is 0 Å². The number of hydrogen-bond acceptors (Lipinski definition) is 5. The zero-order chi connectivity index (χ0) is 14.1. The van der Waals surface area contributed by atoms with E-state index in [2.05, 4.69) is 15.3 Å². The van der Waals surface area contributed by atoms with Gasteiger partial charge in [0.05, 0.1) is 15.4 Å². The van der Waals surface area contributed by atoms with Gasteiger partial charge in [0.25, 0.3) is 0 Å². The highest BCUT2D eigenvalue weighted by Gasteiger charge is 2.11. The van der Waals surface area contributed by atoms with Gasteiger partial charge in [-0.15, -0.1) is 11.3 Å². The molecule has 20 heavy (non-hydrogen) atoms. The summed E-state index contributed by atoms with van der Waals surface area (Å²) in [7, 11) is 1.76. The molecule has 0 unspecified atom stereocenters. The predicted octanol–water partition coefficient (Wildman–Crippen LogP) is 4.83. The van der Waals surface area contributed by atoms with E-state index in [0.29, 0.717) is 27.6 Å². The quantitative estimate of drug-likeness (QED) is 0.749. The van der Waals surface area contributed by atoms with E-state index in [4.69, 9.17) is 27.9 Å². The molecule has 2 aromatic heterocycles. The van der Waals surface area contributed by atoms with Gasteiger partial charge in [-0.05, 0) is 23.6 Å². The molecule has 3 rings (SSSR count). The molecule has 0 bridgehead atoms. The summed E-state index contributed by atoms with van der Waals surface area (Å²) in [6.45, 7) is 0. The van der Waals surface area contributed by atoms with E-state index in [9.17, 15) is 0 Å². The van der Waals surface area contributed by atoms with Gasteiger partial charge in [0.15, 0.2) is 0 Å². The fraction of sp³-hybridized carbons (Fsp3) is 0.0769. The average Bonchev–Trinajstić information content (AvgIpc) is 2.91. The van der Waals surface area contributed by atoms with Crippen molar-refractivity contribution in [2.75, 3.05) is 12.4 Å². The number of benzene rings is 1. The molecule has 102 valence electrons. The summed E-state index contributed by atoms with van der Waals surface area (Å²) >= 11 is 13.4. The molecule has 0 radical (unpaired) electrons. The lowest BCUT2D eigenvalue weighted by Gasteiger charge is -2.08. The Balaban J connectivity index is 2.04. The fourth-order valence-electron chi connectivity index (χ4n) is 1.67. The van der Waals surface area contributed by atoms with Crippen LogP contribution in [0.3, 0.4) is 0 Å². The highest BCUT2D eigenvalue weighted by Crippen LogP contribution is 2.33. The van der Waals surface area contributed by atoms with Crippen LogP contribution in [0.5, 0.6) is 11.6 Å². The van der Waals surface area contributed by atoms with E-state index in [1.807, 2.05) is 11.4 Å². The van der Waals surface area contributed by atoms with Gasteiger partial charge in [-0.2, -0.15) is 4.98 Å². The standard InChI is InChI=1S/C13H9Cl2N3OS/c1-16-13-17-11(8-4-5-20-12(8)18-13)19-7-2-3-9(14)10(15)6-7/h2-6H,1H3,(H,16,17,18). The van der Waals surface area contributed by atoms with E-state index >= 15 is 0 Å². The Hall–Kier alpha value is -1.56. The molecule has 0 atom stereocenters. The van der Waals surface area contributed by atoms with Crippen LogP contribution in [0, 0.1) is 0 Å². The van der Waals surface area contributed by atoms with Crippen LogP contribution in [-0.2, 0) is 0 Å². The van der Waals surface area contributed by atoms with E-state index in [1.54, 1.807) is 25.2 Å². The predicted molar refractivity (Wildman–Crippen MR) is 83.5 cm³/mol. The van der Waals surface area contributed by atoms with E-state index < -0.39 is 0 Å². The number of halogens is 2. The lowest BCUT2D eigenvalue weighted by Crippen LogP contribution is -1.98. The maximum Gasteiger partial charge on any atom is 0.232 e. The minimum Gasteiger partial charge on any atom is -0.438 e. The van der Waals surface area contributed by atoms with Crippen LogP contribution in [0.25, 0.3) is 10.2 Å². The topological polar surface area (TPSA) is 47.0 Å². The van der Waals surface area contributed by atoms with Crippen molar-refractivity contribution in [2.24, 2.45) is 0 Å². The zero-order valence-electron chi connectivity index (χ0n) is 10.4. The summed E-state index contributed by atoms with van der Waals surface area (Å²) in [6.07, 6.45) is 0. The Labute approximate surface area is 129 Å². The van der Waals surface area contributed by atoms with Gasteiger partial charge < -0.3 is 10.1 Å². The Morgan fingerprint density at radius 2 is 2.00 bits per heavy atom. The van der Waals surface area contributed by atoms with Gasteiger partial charge in [-0.1, -0.05) is 23.2 Å².